The van der Waals surface area contributed by atoms with Crippen molar-refractivity contribution in [3.05, 3.63) is 65.5 Å². The van der Waals surface area contributed by atoms with Crippen LogP contribution in [0.15, 0.2) is 54.2 Å². The average molecular weight is 379 g/mol. The van der Waals surface area contributed by atoms with Crippen LogP contribution < -0.4 is 5.32 Å². The second kappa shape index (κ2) is 9.02. The fourth-order valence-corrected chi connectivity index (χ4v) is 3.94. The van der Waals surface area contributed by atoms with E-state index in [4.69, 9.17) is 4.98 Å². The molecule has 0 aliphatic carbocycles. The molecule has 28 heavy (non-hydrogen) atoms. The Balaban J connectivity index is 0.00000109. The van der Waals surface area contributed by atoms with Gasteiger partial charge in [-0.3, -0.25) is 9.69 Å². The van der Waals surface area contributed by atoms with Crippen LogP contribution in [0.1, 0.15) is 43.4 Å². The number of allylic oxidation sites excluding steroid dienone is 2. The Bertz CT molecular complexity index is 935. The molecular formula is C23H30N4O. The summed E-state index contributed by atoms with van der Waals surface area (Å²) in [5, 5.41) is 2.97. The molecule has 1 N–H and O–H groups in total. The first-order valence-electron chi connectivity index (χ1n) is 10.2. The van der Waals surface area contributed by atoms with Crippen molar-refractivity contribution < 1.29 is 4.79 Å². The highest BCUT2D eigenvalue weighted by atomic mass is 16.1. The molecule has 5 nitrogen and oxygen atoms in total. The van der Waals surface area contributed by atoms with Crippen molar-refractivity contribution in [1.29, 1.82) is 0 Å². The van der Waals surface area contributed by atoms with Crippen LogP contribution in [0.3, 0.4) is 0 Å². The molecule has 1 amide bonds. The van der Waals surface area contributed by atoms with Gasteiger partial charge in [-0.15, -0.1) is 0 Å². The Hall–Kier alpha value is -2.66. The van der Waals surface area contributed by atoms with E-state index in [1.807, 2.05) is 38.1 Å². The van der Waals surface area contributed by atoms with Gasteiger partial charge >= 0.3 is 0 Å². The van der Waals surface area contributed by atoms with Gasteiger partial charge in [0.25, 0.3) is 5.91 Å². The predicted octanol–water partition coefficient (Wildman–Crippen LogP) is 4.07. The minimum absolute atomic E-state index is 0.00774. The number of benzene rings is 1. The molecule has 1 aromatic carbocycles. The molecular weight excluding hydrogens is 348 g/mol. The maximum Gasteiger partial charge on any atom is 0.253 e. The largest absolute Gasteiger partial charge is 0.350 e. The summed E-state index contributed by atoms with van der Waals surface area (Å²) in [5.41, 5.74) is 5.25. The highest BCUT2D eigenvalue weighted by molar-refractivity contribution is 6.05. The quantitative estimate of drug-likeness (QED) is 0.872. The Labute approximate surface area is 167 Å². The highest BCUT2D eigenvalue weighted by Gasteiger charge is 2.23. The van der Waals surface area contributed by atoms with E-state index in [0.29, 0.717) is 6.54 Å². The summed E-state index contributed by atoms with van der Waals surface area (Å²) in [7, 11) is 0. The van der Waals surface area contributed by atoms with Crippen LogP contribution in [0.4, 0.5) is 0 Å². The van der Waals surface area contributed by atoms with E-state index in [9.17, 15) is 4.79 Å². The smallest absolute Gasteiger partial charge is 0.253 e. The normalized spacial score (nSPS) is 17.3. The number of hydrogen-bond acceptors (Lipinski definition) is 3. The van der Waals surface area contributed by atoms with Crippen molar-refractivity contribution in [3.63, 3.8) is 0 Å². The monoisotopic (exact) mass is 378 g/mol. The lowest BCUT2D eigenvalue weighted by Crippen LogP contribution is -2.32. The molecule has 3 heterocycles. The molecule has 2 aliphatic rings. The van der Waals surface area contributed by atoms with E-state index in [-0.39, 0.29) is 5.91 Å². The Morgan fingerprint density at radius 3 is 2.82 bits per heavy atom. The van der Waals surface area contributed by atoms with Crippen molar-refractivity contribution in [2.75, 3.05) is 19.6 Å². The van der Waals surface area contributed by atoms with Crippen LogP contribution in [-0.4, -0.2) is 40.0 Å². The number of amides is 1. The zero-order chi connectivity index (χ0) is 20.1. The van der Waals surface area contributed by atoms with Crippen LogP contribution >= 0.6 is 0 Å². The fraction of sp³-hybridized carbons (Fsp3) is 0.391. The van der Waals surface area contributed by atoms with E-state index < -0.39 is 0 Å². The molecule has 0 fully saturated rings. The Kier molecular flexibility index (Phi) is 6.47. The maximum absolute atomic E-state index is 12.3. The van der Waals surface area contributed by atoms with Crippen LogP contribution in [0.25, 0.3) is 11.0 Å². The van der Waals surface area contributed by atoms with Gasteiger partial charge < -0.3 is 9.88 Å². The average Bonchev–Trinajstić information content (AvgIpc) is 2.97. The zero-order valence-corrected chi connectivity index (χ0v) is 17.2. The predicted molar refractivity (Wildman–Crippen MR) is 115 cm³/mol. The summed E-state index contributed by atoms with van der Waals surface area (Å²) in [6.07, 6.45) is 7.28. The van der Waals surface area contributed by atoms with Gasteiger partial charge in [0.1, 0.15) is 5.82 Å². The van der Waals surface area contributed by atoms with E-state index >= 15 is 0 Å². The first-order chi connectivity index (χ1) is 13.7. The lowest BCUT2D eigenvalue weighted by molar-refractivity contribution is 0.0956. The SMILES string of the molecule is C=CC1=C(/C=C\C)CCN(Cc2nc3cccc4c3n2CCNC4=O)C1.CC. The molecule has 0 saturated carbocycles. The van der Waals surface area contributed by atoms with Crippen molar-refractivity contribution in [2.24, 2.45) is 0 Å². The zero-order valence-electron chi connectivity index (χ0n) is 17.2. The summed E-state index contributed by atoms with van der Waals surface area (Å²) < 4.78 is 2.21. The molecule has 0 spiro atoms. The number of carbonyl (C=O) groups excluding carboxylic acids is 1. The number of imidazole rings is 1. The molecule has 0 unspecified atom stereocenters. The van der Waals surface area contributed by atoms with Gasteiger partial charge in [-0.1, -0.05) is 44.7 Å². The van der Waals surface area contributed by atoms with Crippen molar-refractivity contribution in [3.8, 4) is 0 Å². The molecule has 4 rings (SSSR count). The summed E-state index contributed by atoms with van der Waals surface area (Å²) in [5.74, 6) is 1.02. The van der Waals surface area contributed by atoms with Gasteiger partial charge in [0.2, 0.25) is 0 Å². The lowest BCUT2D eigenvalue weighted by Gasteiger charge is -2.28. The van der Waals surface area contributed by atoms with Gasteiger partial charge in [-0.05, 0) is 36.6 Å². The second-order valence-corrected chi connectivity index (χ2v) is 6.82. The minimum atomic E-state index is -0.00774. The summed E-state index contributed by atoms with van der Waals surface area (Å²) >= 11 is 0. The van der Waals surface area contributed by atoms with Crippen LogP contribution in [0.5, 0.6) is 0 Å². The number of rotatable bonds is 4. The number of nitrogens with zero attached hydrogens (tertiary/aromatic N) is 3. The van der Waals surface area contributed by atoms with Crippen molar-refractivity contribution in [2.45, 2.75) is 40.3 Å². The van der Waals surface area contributed by atoms with Gasteiger partial charge in [-0.2, -0.15) is 0 Å². The first kappa shape index (κ1) is 20.1. The van der Waals surface area contributed by atoms with E-state index in [0.717, 1.165) is 55.0 Å². The number of nitrogens with one attached hydrogen (secondary N) is 1. The Morgan fingerprint density at radius 2 is 2.07 bits per heavy atom. The van der Waals surface area contributed by atoms with Crippen molar-refractivity contribution in [1.82, 2.24) is 19.8 Å². The molecule has 0 bridgehead atoms. The Morgan fingerprint density at radius 1 is 1.25 bits per heavy atom. The topological polar surface area (TPSA) is 50.2 Å². The van der Waals surface area contributed by atoms with Crippen LogP contribution in [-0.2, 0) is 13.1 Å². The number of carbonyl (C=O) groups is 1. The molecule has 0 saturated heterocycles. The molecule has 0 radical (unpaired) electrons. The number of hydrogen-bond donors (Lipinski definition) is 1. The minimum Gasteiger partial charge on any atom is -0.350 e. The number of para-hydroxylation sites is 1. The second-order valence-electron chi connectivity index (χ2n) is 6.82. The molecule has 1 aromatic heterocycles. The third kappa shape index (κ3) is 3.80. The standard InChI is InChI=1S/C21H24N4O.C2H6/c1-3-6-16-9-11-24(13-15(16)4-2)14-19-23-18-8-5-7-17-20(18)25(19)12-10-22-21(17)26;1-2/h3-8H,2,9-14H2,1H3,(H,22,26);1-2H3/b6-3-;. The molecule has 0 atom stereocenters. The highest BCUT2D eigenvalue weighted by Crippen LogP contribution is 2.25. The molecule has 2 aromatic rings. The molecule has 5 heteroatoms. The third-order valence-electron chi connectivity index (χ3n) is 5.19. The van der Waals surface area contributed by atoms with Gasteiger partial charge in [0, 0.05) is 26.2 Å². The van der Waals surface area contributed by atoms with Crippen LogP contribution in [0.2, 0.25) is 0 Å². The summed E-state index contributed by atoms with van der Waals surface area (Å²) in [6.45, 7) is 14.1. The van der Waals surface area contributed by atoms with E-state index in [1.54, 1.807) is 0 Å². The third-order valence-corrected chi connectivity index (χ3v) is 5.19. The number of aromatic nitrogens is 2. The van der Waals surface area contributed by atoms with Gasteiger partial charge in [0.05, 0.1) is 23.1 Å². The van der Waals surface area contributed by atoms with Crippen LogP contribution in [0, 0.1) is 0 Å². The summed E-state index contributed by atoms with van der Waals surface area (Å²) in [6, 6.07) is 5.78. The van der Waals surface area contributed by atoms with E-state index in [2.05, 4.69) is 40.4 Å². The van der Waals surface area contributed by atoms with Crippen molar-refractivity contribution >= 4 is 16.9 Å². The fourth-order valence-electron chi connectivity index (χ4n) is 3.94. The molecule has 148 valence electrons. The summed E-state index contributed by atoms with van der Waals surface area (Å²) in [4.78, 5) is 19.5. The van der Waals surface area contributed by atoms with Gasteiger partial charge in [-0.25, -0.2) is 4.98 Å². The maximum atomic E-state index is 12.3. The lowest BCUT2D eigenvalue weighted by atomic mass is 9.99. The van der Waals surface area contributed by atoms with Gasteiger partial charge in [0.15, 0.2) is 0 Å². The first-order valence-corrected chi connectivity index (χ1v) is 10.2. The van der Waals surface area contributed by atoms with E-state index in [1.165, 1.54) is 11.1 Å². The molecule has 2 aliphatic heterocycles.